The van der Waals surface area contributed by atoms with Gasteiger partial charge in [-0.25, -0.2) is 9.97 Å². The Balaban J connectivity index is 2.48. The van der Waals surface area contributed by atoms with Crippen molar-refractivity contribution in [3.05, 3.63) is 34.8 Å². The van der Waals surface area contributed by atoms with E-state index in [1.165, 1.54) is 11.8 Å². The molecule has 0 saturated heterocycles. The Morgan fingerprint density at radius 3 is 2.38 bits per heavy atom. The largest absolute Gasteiger partial charge is 0.384 e. The molecule has 0 fully saturated rings. The highest BCUT2D eigenvalue weighted by molar-refractivity contribution is 7.99. The van der Waals surface area contributed by atoms with Gasteiger partial charge in [0.05, 0.1) is 11.3 Å². The first kappa shape index (κ1) is 15.4. The molecule has 0 radical (unpaired) electrons. The molecule has 6 nitrogen and oxygen atoms in total. The number of hydrogen-bond donors (Lipinski definition) is 2. The summed E-state index contributed by atoms with van der Waals surface area (Å²) in [5.41, 5.74) is 9.27. The van der Waals surface area contributed by atoms with Crippen LogP contribution >= 0.6 is 11.8 Å². The Labute approximate surface area is 128 Å². The zero-order valence-electron chi connectivity index (χ0n) is 12.3. The minimum Gasteiger partial charge on any atom is -0.384 e. The summed E-state index contributed by atoms with van der Waals surface area (Å²) in [7, 11) is 0. The van der Waals surface area contributed by atoms with Crippen molar-refractivity contribution in [3.63, 3.8) is 0 Å². The number of nitrogen functional groups attached to an aromatic ring is 1. The maximum Gasteiger partial charge on any atom is 0.193 e. The number of nitrogens with zero attached hydrogens (tertiary/aromatic N) is 4. The molecule has 7 heteroatoms. The quantitative estimate of drug-likeness (QED) is 0.498. The molecule has 0 spiro atoms. The Hall–Kier alpha value is -2.02. The lowest BCUT2D eigenvalue weighted by atomic mass is 10.0. The van der Waals surface area contributed by atoms with Crippen molar-refractivity contribution in [1.29, 1.82) is 5.41 Å². The van der Waals surface area contributed by atoms with Gasteiger partial charge in [0, 0.05) is 12.4 Å². The fraction of sp³-hybridized carbons (Fsp3) is 0.357. The number of aromatic nitrogens is 4. The average Bonchev–Trinajstić information content (AvgIpc) is 2.48. The third-order valence-corrected chi connectivity index (χ3v) is 3.90. The van der Waals surface area contributed by atoms with Crippen LogP contribution in [0.15, 0.2) is 22.6 Å². The lowest BCUT2D eigenvalue weighted by Crippen LogP contribution is -2.18. The molecule has 2 aromatic rings. The molecule has 0 saturated carbocycles. The number of hydrogen-bond acceptors (Lipinski definition) is 6. The second kappa shape index (κ2) is 6.62. The van der Waals surface area contributed by atoms with E-state index in [0.717, 1.165) is 29.7 Å². The van der Waals surface area contributed by atoms with E-state index in [2.05, 4.69) is 20.2 Å². The second-order valence-corrected chi connectivity index (χ2v) is 5.53. The molecule has 21 heavy (non-hydrogen) atoms. The topological polar surface area (TPSA) is 101 Å². The first-order valence-electron chi connectivity index (χ1n) is 6.76. The second-order valence-electron chi connectivity index (χ2n) is 4.57. The lowest BCUT2D eigenvalue weighted by molar-refractivity contribution is 0.815. The summed E-state index contributed by atoms with van der Waals surface area (Å²) in [4.78, 5) is 8.49. The lowest BCUT2D eigenvalue weighted by Gasteiger charge is -2.13. The van der Waals surface area contributed by atoms with Gasteiger partial charge in [0.2, 0.25) is 0 Å². The van der Waals surface area contributed by atoms with Crippen LogP contribution in [-0.2, 0) is 12.8 Å². The highest BCUT2D eigenvalue weighted by Gasteiger charge is 2.18. The number of nitrogens with one attached hydrogen (secondary N) is 1. The summed E-state index contributed by atoms with van der Waals surface area (Å²) in [5.74, 6) is 0.00561. The summed E-state index contributed by atoms with van der Waals surface area (Å²) < 4.78 is 0. The summed E-state index contributed by atoms with van der Waals surface area (Å²) >= 11 is 1.28. The number of aryl methyl sites for hydroxylation is 2. The molecule has 0 aliphatic carbocycles. The van der Waals surface area contributed by atoms with Crippen LogP contribution in [0.5, 0.6) is 0 Å². The van der Waals surface area contributed by atoms with E-state index in [-0.39, 0.29) is 5.84 Å². The van der Waals surface area contributed by atoms with Crippen LogP contribution in [0.2, 0.25) is 0 Å². The van der Waals surface area contributed by atoms with Crippen LogP contribution < -0.4 is 5.73 Å². The third kappa shape index (κ3) is 3.36. The van der Waals surface area contributed by atoms with Gasteiger partial charge in [-0.15, -0.1) is 5.10 Å². The van der Waals surface area contributed by atoms with Crippen LogP contribution in [0.4, 0.5) is 0 Å². The van der Waals surface area contributed by atoms with E-state index in [0.29, 0.717) is 15.7 Å². The maximum absolute atomic E-state index is 7.85. The van der Waals surface area contributed by atoms with Crippen LogP contribution in [0, 0.1) is 12.3 Å². The molecular formula is C14H18N6S. The van der Waals surface area contributed by atoms with Gasteiger partial charge in [-0.2, -0.15) is 5.10 Å². The van der Waals surface area contributed by atoms with Gasteiger partial charge in [0.1, 0.15) is 10.9 Å². The van der Waals surface area contributed by atoms with Crippen LogP contribution in [0.3, 0.4) is 0 Å². The van der Waals surface area contributed by atoms with Gasteiger partial charge in [-0.05, 0) is 42.7 Å². The molecule has 0 aliphatic heterocycles. The van der Waals surface area contributed by atoms with E-state index >= 15 is 0 Å². The third-order valence-electron chi connectivity index (χ3n) is 3.03. The summed E-state index contributed by atoms with van der Waals surface area (Å²) in [6, 6.07) is 0. The Bertz CT molecular complexity index is 653. The highest BCUT2D eigenvalue weighted by Crippen LogP contribution is 2.28. The van der Waals surface area contributed by atoms with Gasteiger partial charge in [0.15, 0.2) is 5.16 Å². The van der Waals surface area contributed by atoms with E-state index in [9.17, 15) is 0 Å². The molecule has 3 N–H and O–H groups in total. The normalized spacial score (nSPS) is 10.6. The molecule has 0 amide bonds. The fourth-order valence-corrected chi connectivity index (χ4v) is 2.82. The van der Waals surface area contributed by atoms with Gasteiger partial charge in [-0.1, -0.05) is 13.8 Å². The van der Waals surface area contributed by atoms with E-state index in [1.54, 1.807) is 12.4 Å². The SMILES string of the molecule is CCc1nnc(Sc2ncc(C)cn2)c(C(=N)N)c1CC. The molecule has 0 atom stereocenters. The first-order valence-corrected chi connectivity index (χ1v) is 7.57. The molecule has 2 rings (SSSR count). The smallest absolute Gasteiger partial charge is 0.193 e. The van der Waals surface area contributed by atoms with E-state index in [4.69, 9.17) is 11.1 Å². The zero-order valence-corrected chi connectivity index (χ0v) is 13.2. The highest BCUT2D eigenvalue weighted by atomic mass is 32.2. The number of rotatable bonds is 5. The van der Waals surface area contributed by atoms with Gasteiger partial charge in [0.25, 0.3) is 0 Å². The Kier molecular flexibility index (Phi) is 4.85. The van der Waals surface area contributed by atoms with Crippen LogP contribution in [0.25, 0.3) is 0 Å². The number of amidine groups is 1. The molecule has 0 aliphatic rings. The minimum absolute atomic E-state index is 0.00561. The number of nitrogens with two attached hydrogens (primary N) is 1. The van der Waals surface area contributed by atoms with Crippen LogP contribution in [0.1, 0.15) is 36.2 Å². The fourth-order valence-electron chi connectivity index (χ4n) is 2.02. The van der Waals surface area contributed by atoms with Gasteiger partial charge >= 0.3 is 0 Å². The van der Waals surface area contributed by atoms with Gasteiger partial charge < -0.3 is 5.73 Å². The zero-order chi connectivity index (χ0) is 15.4. The maximum atomic E-state index is 7.85. The summed E-state index contributed by atoms with van der Waals surface area (Å²) in [5, 5.41) is 17.5. The predicted octanol–water partition coefficient (Wildman–Crippen LogP) is 2.14. The molecule has 2 aromatic heterocycles. The van der Waals surface area contributed by atoms with Gasteiger partial charge in [-0.3, -0.25) is 5.41 Å². The molecule has 2 heterocycles. The monoisotopic (exact) mass is 302 g/mol. The van der Waals surface area contributed by atoms with Crippen molar-refractivity contribution in [2.45, 2.75) is 43.8 Å². The molecule has 110 valence electrons. The van der Waals surface area contributed by atoms with Crippen molar-refractivity contribution < 1.29 is 0 Å². The summed E-state index contributed by atoms with van der Waals surface area (Å²) in [6.07, 6.45) is 5.02. The van der Waals surface area contributed by atoms with Crippen molar-refractivity contribution in [3.8, 4) is 0 Å². The summed E-state index contributed by atoms with van der Waals surface area (Å²) in [6.45, 7) is 5.98. The van der Waals surface area contributed by atoms with Crippen molar-refractivity contribution in [2.24, 2.45) is 5.73 Å². The first-order chi connectivity index (χ1) is 10.1. The Morgan fingerprint density at radius 2 is 1.86 bits per heavy atom. The molecule has 0 bridgehead atoms. The predicted molar refractivity (Wildman–Crippen MR) is 82.7 cm³/mol. The molecule has 0 aromatic carbocycles. The standard InChI is InChI=1S/C14H18N6S/c1-4-9-10(5-2)19-20-13(11(9)12(15)16)21-14-17-6-8(3)7-18-14/h6-7H,4-5H2,1-3H3,(H3,15,16). The van der Waals surface area contributed by atoms with Crippen LogP contribution in [-0.4, -0.2) is 26.0 Å². The van der Waals surface area contributed by atoms with Crippen molar-refractivity contribution in [2.75, 3.05) is 0 Å². The van der Waals surface area contributed by atoms with Crippen molar-refractivity contribution >= 4 is 17.6 Å². The van der Waals surface area contributed by atoms with E-state index < -0.39 is 0 Å². The van der Waals surface area contributed by atoms with E-state index in [1.807, 2.05) is 20.8 Å². The average molecular weight is 302 g/mol. The molecular weight excluding hydrogens is 284 g/mol. The Morgan fingerprint density at radius 1 is 1.19 bits per heavy atom. The van der Waals surface area contributed by atoms with Crippen molar-refractivity contribution in [1.82, 2.24) is 20.2 Å². The minimum atomic E-state index is 0.00561. The molecule has 0 unspecified atom stereocenters.